The lowest BCUT2D eigenvalue weighted by Crippen LogP contribution is -2.23. The van der Waals surface area contributed by atoms with E-state index in [-0.39, 0.29) is 18.6 Å². The number of carbonyl (C=O) groups is 3. The lowest BCUT2D eigenvalue weighted by molar-refractivity contribution is -0.144. The van der Waals surface area contributed by atoms with Crippen molar-refractivity contribution >= 4 is 17.8 Å². The Bertz CT molecular complexity index is 705. The summed E-state index contributed by atoms with van der Waals surface area (Å²) in [7, 11) is 1.59. The summed E-state index contributed by atoms with van der Waals surface area (Å²) >= 11 is 0. The maximum absolute atomic E-state index is 11.8. The number of hydrogen-bond acceptors (Lipinski definition) is 5. The number of allylic oxidation sites excluding steroid dienone is 1. The molecule has 24 heavy (non-hydrogen) atoms. The standard InChI is InChI=1S/C18H19NO5/c1-3-4-5-13-7-6-12(8-15(13)23-2)11-24-17(21)10-14-9-16(20)19-18(14)22/h3,6-9H,1,4-5,10-11H2,2H3,(H,19,20,22). The van der Waals surface area contributed by atoms with Crippen molar-refractivity contribution in [3.63, 3.8) is 0 Å². The zero-order chi connectivity index (χ0) is 17.5. The van der Waals surface area contributed by atoms with Gasteiger partial charge in [-0.05, 0) is 30.0 Å². The van der Waals surface area contributed by atoms with Crippen LogP contribution in [0.15, 0.2) is 42.5 Å². The van der Waals surface area contributed by atoms with Gasteiger partial charge in [0.25, 0.3) is 11.8 Å². The van der Waals surface area contributed by atoms with Crippen LogP contribution in [0, 0.1) is 0 Å². The van der Waals surface area contributed by atoms with E-state index in [9.17, 15) is 14.4 Å². The number of carbonyl (C=O) groups excluding carboxylic acids is 3. The van der Waals surface area contributed by atoms with Gasteiger partial charge in [0.05, 0.1) is 13.5 Å². The molecule has 1 aromatic rings. The number of methoxy groups -OCH3 is 1. The van der Waals surface area contributed by atoms with Crippen LogP contribution in [0.2, 0.25) is 0 Å². The second kappa shape index (κ2) is 8.10. The number of ether oxygens (including phenoxy) is 2. The highest BCUT2D eigenvalue weighted by atomic mass is 16.5. The Kier molecular flexibility index (Phi) is 5.89. The Morgan fingerprint density at radius 1 is 1.33 bits per heavy atom. The highest BCUT2D eigenvalue weighted by Gasteiger charge is 2.23. The minimum absolute atomic E-state index is 0.0692. The summed E-state index contributed by atoms with van der Waals surface area (Å²) in [6, 6.07) is 5.60. The predicted molar refractivity (Wildman–Crippen MR) is 87.2 cm³/mol. The molecule has 0 aromatic heterocycles. The highest BCUT2D eigenvalue weighted by molar-refractivity contribution is 6.17. The molecule has 0 unspecified atom stereocenters. The first-order valence-corrected chi connectivity index (χ1v) is 7.51. The molecule has 0 aliphatic carbocycles. The Morgan fingerprint density at radius 2 is 2.12 bits per heavy atom. The van der Waals surface area contributed by atoms with Gasteiger partial charge >= 0.3 is 5.97 Å². The minimum atomic E-state index is -0.569. The van der Waals surface area contributed by atoms with Crippen LogP contribution in [0.5, 0.6) is 5.75 Å². The summed E-state index contributed by atoms with van der Waals surface area (Å²) in [6.07, 6.45) is 4.39. The fourth-order valence-corrected chi connectivity index (χ4v) is 2.30. The summed E-state index contributed by atoms with van der Waals surface area (Å²) in [5, 5.41) is 2.08. The van der Waals surface area contributed by atoms with Crippen LogP contribution >= 0.6 is 0 Å². The van der Waals surface area contributed by atoms with Gasteiger partial charge in [0.15, 0.2) is 0 Å². The molecule has 2 rings (SSSR count). The predicted octanol–water partition coefficient (Wildman–Crippen LogP) is 1.83. The van der Waals surface area contributed by atoms with Crippen LogP contribution in [-0.4, -0.2) is 24.9 Å². The quantitative estimate of drug-likeness (QED) is 0.447. The first-order chi connectivity index (χ1) is 11.5. The fraction of sp³-hybridized carbons (Fsp3) is 0.278. The van der Waals surface area contributed by atoms with Gasteiger partial charge < -0.3 is 9.47 Å². The molecule has 6 nitrogen and oxygen atoms in total. The summed E-state index contributed by atoms with van der Waals surface area (Å²) in [6.45, 7) is 3.77. The van der Waals surface area contributed by atoms with Gasteiger partial charge in [-0.15, -0.1) is 6.58 Å². The van der Waals surface area contributed by atoms with Crippen molar-refractivity contribution in [2.45, 2.75) is 25.9 Å². The van der Waals surface area contributed by atoms with Gasteiger partial charge in [-0.25, -0.2) is 0 Å². The number of benzene rings is 1. The molecule has 0 bridgehead atoms. The third kappa shape index (κ3) is 4.55. The molecule has 0 fully saturated rings. The van der Waals surface area contributed by atoms with Gasteiger partial charge in [-0.2, -0.15) is 0 Å². The zero-order valence-electron chi connectivity index (χ0n) is 13.5. The average molecular weight is 329 g/mol. The molecule has 1 aliphatic rings. The number of amides is 2. The normalized spacial score (nSPS) is 13.3. The van der Waals surface area contributed by atoms with Crippen molar-refractivity contribution in [1.82, 2.24) is 5.32 Å². The molecule has 0 saturated heterocycles. The molecule has 1 heterocycles. The van der Waals surface area contributed by atoms with Crippen molar-refractivity contribution < 1.29 is 23.9 Å². The smallest absolute Gasteiger partial charge is 0.310 e. The Morgan fingerprint density at radius 3 is 2.75 bits per heavy atom. The number of imide groups is 1. The SMILES string of the molecule is C=CCCc1ccc(COC(=O)CC2=CC(=O)NC2=O)cc1OC. The molecule has 0 saturated carbocycles. The van der Waals surface area contributed by atoms with Crippen LogP contribution in [-0.2, 0) is 32.1 Å². The van der Waals surface area contributed by atoms with Crippen molar-refractivity contribution in [2.75, 3.05) is 7.11 Å². The van der Waals surface area contributed by atoms with Crippen LogP contribution < -0.4 is 10.1 Å². The first-order valence-electron chi connectivity index (χ1n) is 7.51. The molecule has 0 radical (unpaired) electrons. The van der Waals surface area contributed by atoms with Crippen LogP contribution in [0.4, 0.5) is 0 Å². The van der Waals surface area contributed by atoms with E-state index < -0.39 is 17.8 Å². The molecule has 1 aliphatic heterocycles. The van der Waals surface area contributed by atoms with Gasteiger partial charge in [-0.1, -0.05) is 18.2 Å². The molecule has 6 heteroatoms. The summed E-state index contributed by atoms with van der Waals surface area (Å²) in [5.41, 5.74) is 1.95. The van der Waals surface area contributed by atoms with Crippen LogP contribution in [0.3, 0.4) is 0 Å². The van der Waals surface area contributed by atoms with E-state index in [0.29, 0.717) is 0 Å². The number of nitrogens with one attached hydrogen (secondary N) is 1. The number of hydrogen-bond donors (Lipinski definition) is 1. The topological polar surface area (TPSA) is 81.7 Å². The van der Waals surface area contributed by atoms with E-state index in [2.05, 4.69) is 11.9 Å². The second-order valence-electron chi connectivity index (χ2n) is 5.30. The van der Waals surface area contributed by atoms with E-state index in [4.69, 9.17) is 9.47 Å². The molecule has 0 spiro atoms. The van der Waals surface area contributed by atoms with E-state index in [0.717, 1.165) is 35.8 Å². The molecule has 126 valence electrons. The highest BCUT2D eigenvalue weighted by Crippen LogP contribution is 2.22. The van der Waals surface area contributed by atoms with E-state index in [1.54, 1.807) is 7.11 Å². The lowest BCUT2D eigenvalue weighted by atomic mass is 10.1. The average Bonchev–Trinajstić information content (AvgIpc) is 2.88. The third-order valence-electron chi connectivity index (χ3n) is 3.54. The van der Waals surface area contributed by atoms with Crippen LogP contribution in [0.1, 0.15) is 24.0 Å². The summed E-state index contributed by atoms with van der Waals surface area (Å²) in [4.78, 5) is 34.2. The minimum Gasteiger partial charge on any atom is -0.496 e. The lowest BCUT2D eigenvalue weighted by Gasteiger charge is -2.11. The van der Waals surface area contributed by atoms with E-state index >= 15 is 0 Å². The number of rotatable bonds is 8. The molecule has 1 N–H and O–H groups in total. The maximum atomic E-state index is 11.8. The Hall–Kier alpha value is -2.89. The van der Waals surface area contributed by atoms with E-state index in [1.165, 1.54) is 0 Å². The number of esters is 1. The van der Waals surface area contributed by atoms with Crippen molar-refractivity contribution in [3.05, 3.63) is 53.6 Å². The van der Waals surface area contributed by atoms with Gasteiger partial charge in [0.2, 0.25) is 0 Å². The van der Waals surface area contributed by atoms with Crippen molar-refractivity contribution in [3.8, 4) is 5.75 Å². The zero-order valence-corrected chi connectivity index (χ0v) is 13.5. The van der Waals surface area contributed by atoms with Gasteiger partial charge in [-0.3, -0.25) is 19.7 Å². The first kappa shape index (κ1) is 17.5. The van der Waals surface area contributed by atoms with Crippen LogP contribution in [0.25, 0.3) is 0 Å². The molecular weight excluding hydrogens is 310 g/mol. The monoisotopic (exact) mass is 329 g/mol. The summed E-state index contributed by atoms with van der Waals surface area (Å²) < 4.78 is 10.5. The molecule has 1 aromatic carbocycles. The van der Waals surface area contributed by atoms with E-state index in [1.807, 2.05) is 24.3 Å². The Labute approximate surface area is 140 Å². The number of aryl methyl sites for hydroxylation is 1. The Balaban J connectivity index is 1.92. The largest absolute Gasteiger partial charge is 0.496 e. The summed E-state index contributed by atoms with van der Waals surface area (Å²) in [5.74, 6) is -0.900. The fourth-order valence-electron chi connectivity index (χ4n) is 2.30. The van der Waals surface area contributed by atoms with Gasteiger partial charge in [0.1, 0.15) is 12.4 Å². The molecule has 2 amide bonds. The molecular formula is C18H19NO5. The molecule has 0 atom stereocenters. The maximum Gasteiger partial charge on any atom is 0.310 e. The van der Waals surface area contributed by atoms with Gasteiger partial charge in [0, 0.05) is 11.6 Å². The van der Waals surface area contributed by atoms with Crippen molar-refractivity contribution in [2.24, 2.45) is 0 Å². The third-order valence-corrected chi connectivity index (χ3v) is 3.54. The van der Waals surface area contributed by atoms with Crippen molar-refractivity contribution in [1.29, 1.82) is 0 Å². The second-order valence-corrected chi connectivity index (χ2v) is 5.30.